The van der Waals surface area contributed by atoms with Crippen LogP contribution in [0.4, 0.5) is 0 Å². The van der Waals surface area contributed by atoms with Gasteiger partial charge in [0.1, 0.15) is 5.75 Å². The van der Waals surface area contributed by atoms with Crippen molar-refractivity contribution in [1.29, 1.82) is 0 Å². The third-order valence-electron chi connectivity index (χ3n) is 2.98. The van der Waals surface area contributed by atoms with Crippen molar-refractivity contribution in [2.24, 2.45) is 0 Å². The maximum absolute atomic E-state index is 5.97. The van der Waals surface area contributed by atoms with E-state index >= 15 is 0 Å². The summed E-state index contributed by atoms with van der Waals surface area (Å²) in [6.45, 7) is 2.19. The second-order valence-corrected chi connectivity index (χ2v) is 5.24. The first-order valence-electron chi connectivity index (χ1n) is 6.71. The van der Waals surface area contributed by atoms with Crippen molar-refractivity contribution in [3.05, 3.63) is 52.7 Å². The van der Waals surface area contributed by atoms with Crippen molar-refractivity contribution in [1.82, 2.24) is 4.98 Å². The SMILES string of the molecule is CCCCc1ccc(Oc2ccc(Cl)c(CCl)n2)cc1. The van der Waals surface area contributed by atoms with Crippen molar-refractivity contribution in [3.63, 3.8) is 0 Å². The molecule has 2 nitrogen and oxygen atoms in total. The molecule has 4 heteroatoms. The molecule has 0 fully saturated rings. The van der Waals surface area contributed by atoms with Crippen LogP contribution >= 0.6 is 23.2 Å². The Bertz CT molecular complexity index is 555. The summed E-state index contributed by atoms with van der Waals surface area (Å²) in [5.41, 5.74) is 1.95. The lowest BCUT2D eigenvalue weighted by Gasteiger charge is -2.07. The fraction of sp³-hybridized carbons (Fsp3) is 0.312. The minimum absolute atomic E-state index is 0.270. The van der Waals surface area contributed by atoms with E-state index < -0.39 is 0 Å². The highest BCUT2D eigenvalue weighted by Gasteiger charge is 2.05. The lowest BCUT2D eigenvalue weighted by Crippen LogP contribution is -1.93. The number of nitrogens with zero attached hydrogens (tertiary/aromatic N) is 1. The minimum atomic E-state index is 0.270. The van der Waals surface area contributed by atoms with Gasteiger partial charge in [0.25, 0.3) is 0 Å². The van der Waals surface area contributed by atoms with E-state index in [9.17, 15) is 0 Å². The number of halogens is 2. The zero-order valence-corrected chi connectivity index (χ0v) is 12.9. The number of pyridine rings is 1. The molecular weight excluding hydrogens is 293 g/mol. The quantitative estimate of drug-likeness (QED) is 0.647. The molecular formula is C16H17Cl2NO. The topological polar surface area (TPSA) is 22.1 Å². The van der Waals surface area contributed by atoms with Gasteiger partial charge in [-0.25, -0.2) is 4.98 Å². The number of rotatable bonds is 6. The Morgan fingerprint density at radius 1 is 1.10 bits per heavy atom. The van der Waals surface area contributed by atoms with Gasteiger partial charge in [0.05, 0.1) is 16.6 Å². The third-order valence-corrected chi connectivity index (χ3v) is 3.58. The number of alkyl halides is 1. The molecule has 0 saturated heterocycles. The average Bonchev–Trinajstić information content (AvgIpc) is 2.48. The molecule has 1 heterocycles. The summed E-state index contributed by atoms with van der Waals surface area (Å²) >= 11 is 11.7. The molecule has 0 aliphatic carbocycles. The molecule has 0 atom stereocenters. The number of hydrogen-bond donors (Lipinski definition) is 0. The first-order chi connectivity index (χ1) is 9.72. The van der Waals surface area contributed by atoms with Gasteiger partial charge in [-0.15, -0.1) is 11.6 Å². The molecule has 0 bridgehead atoms. The fourth-order valence-corrected chi connectivity index (χ4v) is 2.28. The summed E-state index contributed by atoms with van der Waals surface area (Å²) in [4.78, 5) is 4.27. The molecule has 106 valence electrons. The lowest BCUT2D eigenvalue weighted by molar-refractivity contribution is 0.461. The Morgan fingerprint density at radius 2 is 1.85 bits per heavy atom. The van der Waals surface area contributed by atoms with Gasteiger partial charge < -0.3 is 4.74 Å². The van der Waals surface area contributed by atoms with Crippen molar-refractivity contribution >= 4 is 23.2 Å². The number of benzene rings is 1. The Morgan fingerprint density at radius 3 is 2.50 bits per heavy atom. The van der Waals surface area contributed by atoms with Gasteiger partial charge in [-0.05, 0) is 36.6 Å². The number of hydrogen-bond acceptors (Lipinski definition) is 2. The van der Waals surface area contributed by atoms with Crippen LogP contribution in [0.5, 0.6) is 11.6 Å². The largest absolute Gasteiger partial charge is 0.439 e. The summed E-state index contributed by atoms with van der Waals surface area (Å²) in [6, 6.07) is 11.6. The van der Waals surface area contributed by atoms with Crippen molar-refractivity contribution in [3.8, 4) is 11.6 Å². The zero-order valence-electron chi connectivity index (χ0n) is 11.4. The maximum atomic E-state index is 5.97. The van der Waals surface area contributed by atoms with E-state index in [4.69, 9.17) is 27.9 Å². The summed E-state index contributed by atoms with van der Waals surface area (Å²) < 4.78 is 5.71. The van der Waals surface area contributed by atoms with Crippen LogP contribution in [0.25, 0.3) is 0 Å². The summed E-state index contributed by atoms with van der Waals surface area (Å²) in [5.74, 6) is 1.54. The molecule has 1 aromatic heterocycles. The highest BCUT2D eigenvalue weighted by Crippen LogP contribution is 2.24. The summed E-state index contributed by atoms with van der Waals surface area (Å²) in [7, 11) is 0. The molecule has 0 aliphatic rings. The predicted molar refractivity (Wildman–Crippen MR) is 83.9 cm³/mol. The molecule has 0 saturated carbocycles. The van der Waals surface area contributed by atoms with Crippen LogP contribution in [-0.2, 0) is 12.3 Å². The Balaban J connectivity index is 2.06. The van der Waals surface area contributed by atoms with E-state index in [-0.39, 0.29) is 5.88 Å². The predicted octanol–water partition coefficient (Wildman–Crippen LogP) is 5.61. The maximum Gasteiger partial charge on any atom is 0.219 e. The van der Waals surface area contributed by atoms with Crippen LogP contribution in [-0.4, -0.2) is 4.98 Å². The van der Waals surface area contributed by atoms with Gasteiger partial charge in [-0.2, -0.15) is 0 Å². The molecule has 2 rings (SSSR count). The van der Waals surface area contributed by atoms with Gasteiger partial charge in [-0.3, -0.25) is 0 Å². The van der Waals surface area contributed by atoms with Gasteiger partial charge in [-0.1, -0.05) is 37.1 Å². The van der Waals surface area contributed by atoms with E-state index in [1.165, 1.54) is 18.4 Å². The average molecular weight is 310 g/mol. The Labute approximate surface area is 129 Å². The second kappa shape index (κ2) is 7.51. The number of aryl methyl sites for hydroxylation is 1. The Hall–Kier alpha value is -1.25. The molecule has 0 N–H and O–H groups in total. The highest BCUT2D eigenvalue weighted by atomic mass is 35.5. The van der Waals surface area contributed by atoms with Crippen molar-refractivity contribution in [2.75, 3.05) is 0 Å². The molecule has 0 radical (unpaired) electrons. The first-order valence-corrected chi connectivity index (χ1v) is 7.62. The molecule has 0 amide bonds. The molecule has 0 unspecified atom stereocenters. The van der Waals surface area contributed by atoms with Gasteiger partial charge in [0, 0.05) is 6.07 Å². The minimum Gasteiger partial charge on any atom is -0.439 e. The van der Waals surface area contributed by atoms with E-state index in [1.54, 1.807) is 12.1 Å². The van der Waals surface area contributed by atoms with E-state index in [2.05, 4.69) is 24.0 Å². The molecule has 2 aromatic rings. The standard InChI is InChI=1S/C16H17Cl2NO/c1-2-3-4-12-5-7-13(8-6-12)20-16-10-9-14(18)15(11-17)19-16/h5-10H,2-4,11H2,1H3. The third kappa shape index (κ3) is 4.12. The number of unbranched alkanes of at least 4 members (excludes halogenated alkanes) is 1. The fourth-order valence-electron chi connectivity index (χ4n) is 1.84. The van der Waals surface area contributed by atoms with Crippen molar-refractivity contribution in [2.45, 2.75) is 32.1 Å². The van der Waals surface area contributed by atoms with E-state index in [0.717, 1.165) is 12.2 Å². The summed E-state index contributed by atoms with van der Waals surface area (Å²) in [6.07, 6.45) is 3.51. The second-order valence-electron chi connectivity index (χ2n) is 4.56. The van der Waals surface area contributed by atoms with E-state index in [0.29, 0.717) is 16.6 Å². The molecule has 0 aliphatic heterocycles. The van der Waals surface area contributed by atoms with Crippen LogP contribution in [0.3, 0.4) is 0 Å². The highest BCUT2D eigenvalue weighted by molar-refractivity contribution is 6.32. The number of ether oxygens (including phenoxy) is 1. The number of aromatic nitrogens is 1. The van der Waals surface area contributed by atoms with Crippen LogP contribution < -0.4 is 4.74 Å². The van der Waals surface area contributed by atoms with E-state index in [1.807, 2.05) is 12.1 Å². The molecule has 20 heavy (non-hydrogen) atoms. The van der Waals surface area contributed by atoms with Gasteiger partial charge in [0.2, 0.25) is 5.88 Å². The Kier molecular flexibility index (Phi) is 5.69. The van der Waals surface area contributed by atoms with Crippen molar-refractivity contribution < 1.29 is 4.74 Å². The monoisotopic (exact) mass is 309 g/mol. The van der Waals surface area contributed by atoms with Gasteiger partial charge in [0.15, 0.2) is 0 Å². The smallest absolute Gasteiger partial charge is 0.219 e. The lowest BCUT2D eigenvalue weighted by atomic mass is 10.1. The van der Waals surface area contributed by atoms with Crippen LogP contribution in [0.15, 0.2) is 36.4 Å². The van der Waals surface area contributed by atoms with Crippen LogP contribution in [0.2, 0.25) is 5.02 Å². The van der Waals surface area contributed by atoms with Crippen LogP contribution in [0.1, 0.15) is 31.0 Å². The molecule has 0 spiro atoms. The zero-order chi connectivity index (χ0) is 14.4. The first kappa shape index (κ1) is 15.1. The van der Waals surface area contributed by atoms with Crippen LogP contribution in [0, 0.1) is 0 Å². The van der Waals surface area contributed by atoms with Gasteiger partial charge >= 0.3 is 0 Å². The summed E-state index contributed by atoms with van der Waals surface area (Å²) in [5, 5.41) is 0.558. The normalized spacial score (nSPS) is 10.6. The molecule has 1 aromatic carbocycles.